The van der Waals surface area contributed by atoms with Gasteiger partial charge in [-0.15, -0.1) is 0 Å². The van der Waals surface area contributed by atoms with Gasteiger partial charge in [0.05, 0.1) is 13.7 Å². The molecular weight excluding hydrogens is 386 g/mol. The molecule has 9 heteroatoms. The molecule has 0 aromatic heterocycles. The van der Waals surface area contributed by atoms with E-state index in [-0.39, 0.29) is 24.6 Å². The SMILES string of the molecule is COc1cc(CN2C(=O)C(=O)N(CCC3=CCCCC3)C2=O)ccc1OC(F)F. The van der Waals surface area contributed by atoms with E-state index in [1.807, 2.05) is 0 Å². The fourth-order valence-electron chi connectivity index (χ4n) is 3.46. The molecule has 1 aromatic carbocycles. The minimum absolute atomic E-state index is 0.0364. The van der Waals surface area contributed by atoms with Crippen LogP contribution in [0.25, 0.3) is 0 Å². The van der Waals surface area contributed by atoms with E-state index in [4.69, 9.17) is 4.74 Å². The average molecular weight is 408 g/mol. The number of nitrogens with zero attached hydrogens (tertiary/aromatic N) is 2. The molecule has 1 saturated heterocycles. The fourth-order valence-corrected chi connectivity index (χ4v) is 3.46. The van der Waals surface area contributed by atoms with Gasteiger partial charge in [0.2, 0.25) is 0 Å². The van der Waals surface area contributed by atoms with Gasteiger partial charge in [-0.2, -0.15) is 8.78 Å². The van der Waals surface area contributed by atoms with E-state index in [1.165, 1.54) is 30.9 Å². The Kier molecular flexibility index (Phi) is 6.46. The summed E-state index contributed by atoms with van der Waals surface area (Å²) >= 11 is 0. The van der Waals surface area contributed by atoms with Gasteiger partial charge in [0.1, 0.15) is 0 Å². The van der Waals surface area contributed by atoms with Gasteiger partial charge in [0.15, 0.2) is 11.5 Å². The van der Waals surface area contributed by atoms with Gasteiger partial charge >= 0.3 is 24.5 Å². The molecule has 1 heterocycles. The fraction of sp³-hybridized carbons (Fsp3) is 0.450. The number of methoxy groups -OCH3 is 1. The molecule has 3 rings (SSSR count). The van der Waals surface area contributed by atoms with E-state index < -0.39 is 24.5 Å². The van der Waals surface area contributed by atoms with Gasteiger partial charge < -0.3 is 9.47 Å². The third-order valence-electron chi connectivity index (χ3n) is 4.96. The van der Waals surface area contributed by atoms with Crippen LogP contribution in [0.5, 0.6) is 11.5 Å². The number of carbonyl (C=O) groups excluding carboxylic acids is 3. The van der Waals surface area contributed by atoms with E-state index in [2.05, 4.69) is 10.8 Å². The van der Waals surface area contributed by atoms with Crippen molar-refractivity contribution < 1.29 is 32.6 Å². The molecule has 4 amide bonds. The second kappa shape index (κ2) is 9.02. The highest BCUT2D eigenvalue weighted by molar-refractivity contribution is 6.44. The first-order valence-electron chi connectivity index (χ1n) is 9.37. The Balaban J connectivity index is 1.69. The van der Waals surface area contributed by atoms with Crippen molar-refractivity contribution in [2.75, 3.05) is 13.7 Å². The molecule has 0 atom stereocenters. The number of hydrogen-bond acceptors (Lipinski definition) is 5. The molecule has 29 heavy (non-hydrogen) atoms. The molecule has 1 aliphatic carbocycles. The molecule has 156 valence electrons. The van der Waals surface area contributed by atoms with Crippen LogP contribution in [0.2, 0.25) is 0 Å². The average Bonchev–Trinajstić information content (AvgIpc) is 2.91. The number of halogens is 2. The zero-order valence-corrected chi connectivity index (χ0v) is 16.0. The normalized spacial score (nSPS) is 17.2. The summed E-state index contributed by atoms with van der Waals surface area (Å²) in [5.41, 5.74) is 1.64. The lowest BCUT2D eigenvalue weighted by Gasteiger charge is -2.18. The van der Waals surface area contributed by atoms with Crippen molar-refractivity contribution in [3.8, 4) is 11.5 Å². The smallest absolute Gasteiger partial charge is 0.387 e. The van der Waals surface area contributed by atoms with Crippen molar-refractivity contribution in [3.05, 3.63) is 35.4 Å². The summed E-state index contributed by atoms with van der Waals surface area (Å²) < 4.78 is 34.3. The third kappa shape index (κ3) is 4.72. The number of ether oxygens (including phenoxy) is 2. The molecule has 1 aromatic rings. The third-order valence-corrected chi connectivity index (χ3v) is 4.96. The van der Waals surface area contributed by atoms with Crippen LogP contribution in [-0.4, -0.2) is 47.9 Å². The van der Waals surface area contributed by atoms with Gasteiger partial charge in [-0.3, -0.25) is 19.4 Å². The van der Waals surface area contributed by atoms with Crippen LogP contribution in [-0.2, 0) is 16.1 Å². The van der Waals surface area contributed by atoms with E-state index >= 15 is 0 Å². The molecule has 1 fully saturated rings. The molecule has 0 radical (unpaired) electrons. The highest BCUT2D eigenvalue weighted by atomic mass is 19.3. The van der Waals surface area contributed by atoms with Crippen LogP contribution in [0.15, 0.2) is 29.8 Å². The Hall–Kier alpha value is -2.97. The minimum atomic E-state index is -3.01. The van der Waals surface area contributed by atoms with E-state index in [9.17, 15) is 23.2 Å². The molecule has 7 nitrogen and oxygen atoms in total. The number of urea groups is 1. The summed E-state index contributed by atoms with van der Waals surface area (Å²) in [7, 11) is 1.29. The number of benzene rings is 1. The first kappa shape index (κ1) is 20.8. The largest absolute Gasteiger partial charge is 0.493 e. The summed E-state index contributed by atoms with van der Waals surface area (Å²) in [4.78, 5) is 39.0. The topological polar surface area (TPSA) is 76.2 Å². The lowest BCUT2D eigenvalue weighted by Crippen LogP contribution is -2.34. The Bertz CT molecular complexity index is 840. The van der Waals surface area contributed by atoms with Crippen molar-refractivity contribution in [1.29, 1.82) is 0 Å². The Morgan fingerprint density at radius 1 is 1.07 bits per heavy atom. The van der Waals surface area contributed by atoms with Crippen LogP contribution in [0.3, 0.4) is 0 Å². The zero-order chi connectivity index (χ0) is 21.0. The number of rotatable bonds is 8. The maximum atomic E-state index is 12.6. The summed E-state index contributed by atoms with van der Waals surface area (Å²) in [5, 5.41) is 0. The maximum Gasteiger partial charge on any atom is 0.387 e. The Labute approximate surface area is 166 Å². The molecule has 0 saturated carbocycles. The quantitative estimate of drug-likeness (QED) is 0.374. The molecule has 0 N–H and O–H groups in total. The Morgan fingerprint density at radius 3 is 2.48 bits per heavy atom. The lowest BCUT2D eigenvalue weighted by atomic mass is 9.97. The Morgan fingerprint density at radius 2 is 1.83 bits per heavy atom. The van der Waals surface area contributed by atoms with Gasteiger partial charge in [-0.25, -0.2) is 4.79 Å². The van der Waals surface area contributed by atoms with Crippen LogP contribution in [0.4, 0.5) is 13.6 Å². The van der Waals surface area contributed by atoms with Gasteiger partial charge in [0, 0.05) is 6.54 Å². The van der Waals surface area contributed by atoms with E-state index in [0.717, 1.165) is 35.5 Å². The molecule has 2 aliphatic rings. The molecule has 0 bridgehead atoms. The first-order valence-corrected chi connectivity index (χ1v) is 9.37. The van der Waals surface area contributed by atoms with Crippen molar-refractivity contribution >= 4 is 17.8 Å². The zero-order valence-electron chi connectivity index (χ0n) is 16.0. The number of carbonyl (C=O) groups is 3. The highest BCUT2D eigenvalue weighted by Crippen LogP contribution is 2.30. The van der Waals surface area contributed by atoms with Crippen LogP contribution < -0.4 is 9.47 Å². The van der Waals surface area contributed by atoms with Crippen molar-refractivity contribution in [1.82, 2.24) is 9.80 Å². The summed E-state index contributed by atoms with van der Waals surface area (Å²) in [6.07, 6.45) is 6.86. The van der Waals surface area contributed by atoms with E-state index in [1.54, 1.807) is 0 Å². The molecular formula is C20H22F2N2O5. The van der Waals surface area contributed by atoms with Crippen molar-refractivity contribution in [2.45, 2.75) is 45.3 Å². The number of allylic oxidation sites excluding steroid dienone is 1. The van der Waals surface area contributed by atoms with Gasteiger partial charge in [0.25, 0.3) is 0 Å². The second-order valence-electron chi connectivity index (χ2n) is 6.85. The van der Waals surface area contributed by atoms with Crippen LogP contribution in [0, 0.1) is 0 Å². The molecule has 0 unspecified atom stereocenters. The van der Waals surface area contributed by atoms with Gasteiger partial charge in [-0.1, -0.05) is 17.7 Å². The number of imide groups is 2. The predicted molar refractivity (Wildman–Crippen MR) is 98.5 cm³/mol. The van der Waals surface area contributed by atoms with Crippen molar-refractivity contribution in [2.24, 2.45) is 0 Å². The highest BCUT2D eigenvalue weighted by Gasteiger charge is 2.44. The monoisotopic (exact) mass is 408 g/mol. The van der Waals surface area contributed by atoms with Crippen LogP contribution >= 0.6 is 0 Å². The van der Waals surface area contributed by atoms with E-state index in [0.29, 0.717) is 12.0 Å². The number of hydrogen-bond donors (Lipinski definition) is 0. The summed E-state index contributed by atoms with van der Waals surface area (Å²) in [6, 6.07) is 3.41. The van der Waals surface area contributed by atoms with Crippen LogP contribution in [0.1, 0.15) is 37.7 Å². The maximum absolute atomic E-state index is 12.6. The number of amides is 4. The number of alkyl halides is 2. The standard InChI is InChI=1S/C20H22F2N2O5/c1-28-16-11-14(7-8-15(16)29-19(21)22)12-24-18(26)17(25)23(20(24)27)10-9-13-5-3-2-4-6-13/h5,7-8,11,19H,2-4,6,9-10,12H2,1H3. The van der Waals surface area contributed by atoms with Gasteiger partial charge in [-0.05, 0) is 49.8 Å². The second-order valence-corrected chi connectivity index (χ2v) is 6.85. The molecule has 0 spiro atoms. The predicted octanol–water partition coefficient (Wildman–Crippen LogP) is 3.48. The summed E-state index contributed by atoms with van der Waals surface area (Å²) in [6.45, 7) is -3.02. The molecule has 1 aliphatic heterocycles. The first-order chi connectivity index (χ1) is 13.9. The lowest BCUT2D eigenvalue weighted by molar-refractivity contribution is -0.143. The van der Waals surface area contributed by atoms with Crippen molar-refractivity contribution in [3.63, 3.8) is 0 Å². The minimum Gasteiger partial charge on any atom is -0.493 e. The summed E-state index contributed by atoms with van der Waals surface area (Å²) in [5.74, 6) is -1.88.